The highest BCUT2D eigenvalue weighted by Crippen LogP contribution is 2.17. The number of benzene rings is 1. The second kappa shape index (κ2) is 6.70. The summed E-state index contributed by atoms with van der Waals surface area (Å²) >= 11 is 0. The van der Waals surface area contributed by atoms with Crippen LogP contribution in [0.3, 0.4) is 0 Å². The molecule has 0 spiro atoms. The first-order valence-electron chi connectivity index (χ1n) is 6.87. The highest BCUT2D eigenvalue weighted by Gasteiger charge is 2.15. The summed E-state index contributed by atoms with van der Waals surface area (Å²) in [4.78, 5) is 11.9. The Morgan fingerprint density at radius 3 is 2.40 bits per heavy atom. The zero-order valence-electron chi connectivity index (χ0n) is 11.3. The summed E-state index contributed by atoms with van der Waals surface area (Å²) in [6.45, 7) is 0. The van der Waals surface area contributed by atoms with Gasteiger partial charge < -0.3 is 5.32 Å². The highest BCUT2D eigenvalue weighted by molar-refractivity contribution is 7.94. The molecule has 1 fully saturated rings. The molecule has 0 radical (unpaired) electrons. The third-order valence-electron chi connectivity index (χ3n) is 3.42. The number of carbonyl (C=O) groups excluding carboxylic acids is 1. The average Bonchev–Trinajstić information content (AvgIpc) is 2.47. The van der Waals surface area contributed by atoms with Crippen LogP contribution >= 0.6 is 0 Å². The Labute approximate surface area is 119 Å². The topological polar surface area (TPSA) is 63.2 Å². The standard InChI is InChI=1S/C15H19NO3S/c17-15(16-13-7-3-1-4-8-13)11-12-20(18,19)14-9-5-2-6-10-14/h2,5-6,9-13H,1,3-4,7-8H2,(H,16,17). The average molecular weight is 293 g/mol. The largest absolute Gasteiger partial charge is 0.350 e. The molecule has 5 heteroatoms. The molecular weight excluding hydrogens is 274 g/mol. The molecule has 0 aliphatic heterocycles. The van der Waals surface area contributed by atoms with Crippen molar-refractivity contribution in [3.63, 3.8) is 0 Å². The Morgan fingerprint density at radius 1 is 1.10 bits per heavy atom. The summed E-state index contributed by atoms with van der Waals surface area (Å²) in [5.74, 6) is -0.337. The lowest BCUT2D eigenvalue weighted by Crippen LogP contribution is -2.35. The Morgan fingerprint density at radius 2 is 1.75 bits per heavy atom. The summed E-state index contributed by atoms with van der Waals surface area (Å²) in [5, 5.41) is 3.83. The van der Waals surface area contributed by atoms with E-state index < -0.39 is 9.84 Å². The monoisotopic (exact) mass is 293 g/mol. The van der Waals surface area contributed by atoms with Crippen LogP contribution in [0, 0.1) is 0 Å². The van der Waals surface area contributed by atoms with Gasteiger partial charge in [-0.05, 0) is 25.0 Å². The lowest BCUT2D eigenvalue weighted by molar-refractivity contribution is -0.117. The maximum absolute atomic E-state index is 12.0. The molecule has 1 amide bonds. The van der Waals surface area contributed by atoms with Gasteiger partial charge in [0.2, 0.25) is 5.91 Å². The van der Waals surface area contributed by atoms with Gasteiger partial charge in [0.05, 0.1) is 4.90 Å². The van der Waals surface area contributed by atoms with E-state index in [0.29, 0.717) is 0 Å². The molecule has 1 aliphatic carbocycles. The van der Waals surface area contributed by atoms with Crippen LogP contribution in [-0.4, -0.2) is 20.4 Å². The van der Waals surface area contributed by atoms with Crippen LogP contribution in [0.1, 0.15) is 32.1 Å². The molecule has 1 saturated carbocycles. The van der Waals surface area contributed by atoms with Gasteiger partial charge in [-0.1, -0.05) is 37.5 Å². The van der Waals surface area contributed by atoms with Crippen molar-refractivity contribution in [1.29, 1.82) is 0 Å². The van der Waals surface area contributed by atoms with Crippen LogP contribution in [0.25, 0.3) is 0 Å². The Balaban J connectivity index is 1.96. The summed E-state index contributed by atoms with van der Waals surface area (Å²) in [7, 11) is -3.54. The second-order valence-corrected chi connectivity index (χ2v) is 6.84. The van der Waals surface area contributed by atoms with E-state index in [2.05, 4.69) is 5.32 Å². The number of amides is 1. The molecule has 20 heavy (non-hydrogen) atoms. The van der Waals surface area contributed by atoms with E-state index in [1.165, 1.54) is 18.6 Å². The summed E-state index contributed by atoms with van der Waals surface area (Å²) < 4.78 is 23.9. The van der Waals surface area contributed by atoms with Gasteiger partial charge in [-0.25, -0.2) is 8.42 Å². The molecule has 0 saturated heterocycles. The molecule has 1 aromatic carbocycles. The Bertz CT molecular complexity index is 572. The first-order chi connectivity index (χ1) is 9.58. The van der Waals surface area contributed by atoms with Crippen molar-refractivity contribution in [2.45, 2.75) is 43.0 Å². The minimum absolute atomic E-state index is 0.181. The molecule has 0 heterocycles. The minimum atomic E-state index is -3.54. The number of hydrogen-bond donors (Lipinski definition) is 1. The van der Waals surface area contributed by atoms with Gasteiger partial charge in [0, 0.05) is 17.5 Å². The molecule has 1 N–H and O–H groups in total. The third kappa shape index (κ3) is 4.20. The van der Waals surface area contributed by atoms with Crippen LogP contribution in [-0.2, 0) is 14.6 Å². The zero-order valence-corrected chi connectivity index (χ0v) is 12.1. The molecule has 0 unspecified atom stereocenters. The van der Waals surface area contributed by atoms with Gasteiger partial charge >= 0.3 is 0 Å². The third-order valence-corrected chi connectivity index (χ3v) is 4.85. The van der Waals surface area contributed by atoms with Crippen LogP contribution in [0.5, 0.6) is 0 Å². The molecule has 0 aromatic heterocycles. The minimum Gasteiger partial charge on any atom is -0.350 e. The predicted molar refractivity (Wildman–Crippen MR) is 77.8 cm³/mol. The summed E-state index contributed by atoms with van der Waals surface area (Å²) in [6.07, 6.45) is 6.52. The lowest BCUT2D eigenvalue weighted by Gasteiger charge is -2.21. The van der Waals surface area contributed by atoms with Crippen molar-refractivity contribution in [2.24, 2.45) is 0 Å². The van der Waals surface area contributed by atoms with Crippen molar-refractivity contribution < 1.29 is 13.2 Å². The van der Waals surface area contributed by atoms with Crippen molar-refractivity contribution in [2.75, 3.05) is 0 Å². The number of nitrogens with one attached hydrogen (secondary N) is 1. The van der Waals surface area contributed by atoms with E-state index >= 15 is 0 Å². The van der Waals surface area contributed by atoms with Gasteiger partial charge in [0.15, 0.2) is 9.84 Å². The van der Waals surface area contributed by atoms with E-state index in [0.717, 1.165) is 37.2 Å². The van der Waals surface area contributed by atoms with Crippen LogP contribution < -0.4 is 5.32 Å². The Hall–Kier alpha value is -1.62. The first-order valence-corrected chi connectivity index (χ1v) is 8.41. The number of hydrogen-bond acceptors (Lipinski definition) is 3. The summed E-state index contributed by atoms with van der Waals surface area (Å²) in [5.41, 5.74) is 0. The van der Waals surface area contributed by atoms with E-state index in [1.807, 2.05) is 0 Å². The molecule has 0 atom stereocenters. The molecule has 1 aromatic rings. The van der Waals surface area contributed by atoms with Crippen molar-refractivity contribution >= 4 is 15.7 Å². The Kier molecular flexibility index (Phi) is 4.95. The van der Waals surface area contributed by atoms with Crippen LogP contribution in [0.2, 0.25) is 0 Å². The maximum Gasteiger partial charge on any atom is 0.244 e. The van der Waals surface area contributed by atoms with Crippen molar-refractivity contribution in [1.82, 2.24) is 5.32 Å². The van der Waals surface area contributed by atoms with Gasteiger partial charge in [0.1, 0.15) is 0 Å². The molecule has 0 bridgehead atoms. The van der Waals surface area contributed by atoms with Crippen LogP contribution in [0.4, 0.5) is 0 Å². The van der Waals surface area contributed by atoms with Gasteiger partial charge in [-0.15, -0.1) is 0 Å². The van der Waals surface area contributed by atoms with Crippen molar-refractivity contribution in [3.05, 3.63) is 41.8 Å². The van der Waals surface area contributed by atoms with Gasteiger partial charge in [0.25, 0.3) is 0 Å². The van der Waals surface area contributed by atoms with E-state index in [9.17, 15) is 13.2 Å². The van der Waals surface area contributed by atoms with Gasteiger partial charge in [-0.2, -0.15) is 0 Å². The second-order valence-electron chi connectivity index (χ2n) is 5.00. The fourth-order valence-electron chi connectivity index (χ4n) is 2.34. The number of rotatable bonds is 4. The van der Waals surface area contributed by atoms with E-state index in [1.54, 1.807) is 18.2 Å². The quantitative estimate of drug-likeness (QED) is 0.867. The number of carbonyl (C=O) groups is 1. The van der Waals surface area contributed by atoms with E-state index in [-0.39, 0.29) is 16.8 Å². The fraction of sp³-hybridized carbons (Fsp3) is 0.400. The highest BCUT2D eigenvalue weighted by atomic mass is 32.2. The normalized spacial score (nSPS) is 17.2. The maximum atomic E-state index is 12.0. The predicted octanol–water partition coefficient (Wildman–Crippen LogP) is 2.42. The fourth-order valence-corrected chi connectivity index (χ4v) is 3.33. The zero-order chi connectivity index (χ0) is 14.4. The molecular formula is C15H19NO3S. The molecule has 108 valence electrons. The molecule has 1 aliphatic rings. The van der Waals surface area contributed by atoms with Gasteiger partial charge in [-0.3, -0.25) is 4.79 Å². The molecule has 4 nitrogen and oxygen atoms in total. The smallest absolute Gasteiger partial charge is 0.244 e. The van der Waals surface area contributed by atoms with E-state index in [4.69, 9.17) is 0 Å². The molecule has 2 rings (SSSR count). The first kappa shape index (κ1) is 14.8. The SMILES string of the molecule is O=C(C=CS(=O)(=O)c1ccccc1)NC1CCCCC1. The number of sulfone groups is 1. The summed E-state index contributed by atoms with van der Waals surface area (Å²) in [6, 6.07) is 8.27. The van der Waals surface area contributed by atoms with Crippen molar-refractivity contribution in [3.8, 4) is 0 Å². The lowest BCUT2D eigenvalue weighted by atomic mass is 9.95. The van der Waals surface area contributed by atoms with Crippen LogP contribution in [0.15, 0.2) is 46.7 Å².